The minimum absolute atomic E-state index is 1.09. The van der Waals surface area contributed by atoms with Crippen molar-refractivity contribution in [1.82, 2.24) is 4.57 Å². The standard InChI is InChI=1S/C12H18N/c1-10(2)7-13-8-11-5-3-4-6-12(11)9-13/h8-9H,3-7H2,1-2H3. The molecule has 1 aromatic heterocycles. The van der Waals surface area contributed by atoms with Gasteiger partial charge in [-0.3, -0.25) is 0 Å². The molecular weight excluding hydrogens is 158 g/mol. The normalized spacial score (nSPS) is 16.2. The third-order valence-corrected chi connectivity index (χ3v) is 2.70. The number of rotatable bonds is 2. The Balaban J connectivity index is 2.15. The van der Waals surface area contributed by atoms with Crippen LogP contribution >= 0.6 is 0 Å². The van der Waals surface area contributed by atoms with Crippen LogP contribution in [0.5, 0.6) is 0 Å². The van der Waals surface area contributed by atoms with Crippen LogP contribution in [-0.4, -0.2) is 4.57 Å². The highest BCUT2D eigenvalue weighted by Gasteiger charge is 2.11. The molecule has 0 amide bonds. The number of fused-ring (bicyclic) bond motifs is 1. The van der Waals surface area contributed by atoms with Gasteiger partial charge in [0.15, 0.2) is 0 Å². The minimum Gasteiger partial charge on any atom is -0.353 e. The Kier molecular flexibility index (Phi) is 2.43. The van der Waals surface area contributed by atoms with Crippen molar-refractivity contribution in [3.05, 3.63) is 29.4 Å². The smallest absolute Gasteiger partial charge is 0.0276 e. The van der Waals surface area contributed by atoms with Crippen LogP contribution in [0.3, 0.4) is 0 Å². The van der Waals surface area contributed by atoms with Crippen LogP contribution in [0.25, 0.3) is 0 Å². The summed E-state index contributed by atoms with van der Waals surface area (Å²) in [5, 5.41) is 0. The SMILES string of the molecule is C[C](C)Cn1cc2c(c1)CCCC2. The lowest BCUT2D eigenvalue weighted by molar-refractivity contribution is 0.690. The van der Waals surface area contributed by atoms with E-state index in [1.807, 2.05) is 0 Å². The summed E-state index contributed by atoms with van der Waals surface area (Å²) in [6.07, 6.45) is 10.0. The molecule has 0 atom stereocenters. The van der Waals surface area contributed by atoms with Gasteiger partial charge in [-0.05, 0) is 42.7 Å². The van der Waals surface area contributed by atoms with Crippen molar-refractivity contribution in [1.29, 1.82) is 0 Å². The Morgan fingerprint density at radius 3 is 2.15 bits per heavy atom. The van der Waals surface area contributed by atoms with Crippen molar-refractivity contribution in [2.45, 2.75) is 46.1 Å². The topological polar surface area (TPSA) is 4.93 Å². The van der Waals surface area contributed by atoms with E-state index in [0.717, 1.165) is 6.54 Å². The van der Waals surface area contributed by atoms with Crippen LogP contribution in [0.2, 0.25) is 0 Å². The molecule has 0 saturated carbocycles. The summed E-state index contributed by atoms with van der Waals surface area (Å²) in [6, 6.07) is 0. The van der Waals surface area contributed by atoms with E-state index in [9.17, 15) is 0 Å². The molecule has 13 heavy (non-hydrogen) atoms. The molecule has 1 heterocycles. The van der Waals surface area contributed by atoms with Gasteiger partial charge in [-0.1, -0.05) is 13.8 Å². The van der Waals surface area contributed by atoms with Gasteiger partial charge in [0.05, 0.1) is 0 Å². The Bertz CT molecular complexity index is 260. The van der Waals surface area contributed by atoms with Gasteiger partial charge in [0, 0.05) is 18.9 Å². The number of hydrogen-bond donors (Lipinski definition) is 0. The molecule has 71 valence electrons. The third-order valence-electron chi connectivity index (χ3n) is 2.70. The van der Waals surface area contributed by atoms with E-state index in [2.05, 4.69) is 30.8 Å². The Labute approximate surface area is 80.8 Å². The molecule has 1 heteroatoms. The Hall–Kier alpha value is -0.720. The quantitative estimate of drug-likeness (QED) is 0.653. The van der Waals surface area contributed by atoms with Crippen LogP contribution in [0.15, 0.2) is 12.4 Å². The maximum atomic E-state index is 2.34. The minimum atomic E-state index is 1.09. The second-order valence-corrected chi connectivity index (χ2v) is 4.40. The van der Waals surface area contributed by atoms with E-state index in [4.69, 9.17) is 0 Å². The molecule has 0 aliphatic heterocycles. The Morgan fingerprint density at radius 1 is 1.15 bits per heavy atom. The first-order chi connectivity index (χ1) is 6.25. The van der Waals surface area contributed by atoms with E-state index in [0.29, 0.717) is 0 Å². The van der Waals surface area contributed by atoms with Crippen LogP contribution < -0.4 is 0 Å². The van der Waals surface area contributed by atoms with Crippen molar-refractivity contribution in [2.24, 2.45) is 0 Å². The van der Waals surface area contributed by atoms with Gasteiger partial charge in [0.25, 0.3) is 0 Å². The predicted molar refractivity (Wildman–Crippen MR) is 55.7 cm³/mol. The van der Waals surface area contributed by atoms with Gasteiger partial charge in [-0.25, -0.2) is 0 Å². The Morgan fingerprint density at radius 2 is 1.69 bits per heavy atom. The van der Waals surface area contributed by atoms with Gasteiger partial charge in [0.2, 0.25) is 0 Å². The van der Waals surface area contributed by atoms with Crippen molar-refractivity contribution >= 4 is 0 Å². The molecule has 0 saturated heterocycles. The van der Waals surface area contributed by atoms with Crippen molar-refractivity contribution in [3.63, 3.8) is 0 Å². The maximum Gasteiger partial charge on any atom is 0.0276 e. The number of hydrogen-bond acceptors (Lipinski definition) is 0. The second kappa shape index (κ2) is 3.57. The molecule has 0 spiro atoms. The molecule has 1 aromatic rings. The first-order valence-corrected chi connectivity index (χ1v) is 5.22. The van der Waals surface area contributed by atoms with Gasteiger partial charge >= 0.3 is 0 Å². The lowest BCUT2D eigenvalue weighted by Gasteiger charge is -2.08. The zero-order valence-corrected chi connectivity index (χ0v) is 8.64. The maximum absolute atomic E-state index is 2.34. The zero-order chi connectivity index (χ0) is 9.26. The van der Waals surface area contributed by atoms with Crippen LogP contribution in [0, 0.1) is 5.92 Å². The number of aromatic nitrogens is 1. The largest absolute Gasteiger partial charge is 0.353 e. The van der Waals surface area contributed by atoms with E-state index in [1.165, 1.54) is 31.6 Å². The fourth-order valence-electron chi connectivity index (χ4n) is 2.14. The molecule has 0 aromatic carbocycles. The van der Waals surface area contributed by atoms with Crippen molar-refractivity contribution in [2.75, 3.05) is 0 Å². The molecular formula is C12H18N. The summed E-state index contributed by atoms with van der Waals surface area (Å²) >= 11 is 0. The summed E-state index contributed by atoms with van der Waals surface area (Å²) in [5.74, 6) is 1.48. The summed E-state index contributed by atoms with van der Waals surface area (Å²) in [5.41, 5.74) is 3.18. The first kappa shape index (κ1) is 8.86. The number of aryl methyl sites for hydroxylation is 2. The molecule has 0 unspecified atom stereocenters. The van der Waals surface area contributed by atoms with Crippen LogP contribution in [-0.2, 0) is 19.4 Å². The molecule has 1 aliphatic rings. The molecule has 1 nitrogen and oxygen atoms in total. The fraction of sp³-hybridized carbons (Fsp3) is 0.583. The molecule has 1 radical (unpaired) electrons. The average Bonchev–Trinajstić information content (AvgIpc) is 2.44. The predicted octanol–water partition coefficient (Wildman–Crippen LogP) is 2.98. The second-order valence-electron chi connectivity index (χ2n) is 4.40. The van der Waals surface area contributed by atoms with Gasteiger partial charge in [0.1, 0.15) is 0 Å². The van der Waals surface area contributed by atoms with E-state index in [-0.39, 0.29) is 0 Å². The molecule has 2 rings (SSSR count). The zero-order valence-electron chi connectivity index (χ0n) is 8.64. The molecule has 0 N–H and O–H groups in total. The lowest BCUT2D eigenvalue weighted by Crippen LogP contribution is -1.99. The lowest BCUT2D eigenvalue weighted by atomic mass is 9.96. The average molecular weight is 176 g/mol. The highest BCUT2D eigenvalue weighted by Crippen LogP contribution is 2.22. The fourth-order valence-corrected chi connectivity index (χ4v) is 2.14. The van der Waals surface area contributed by atoms with Crippen molar-refractivity contribution in [3.8, 4) is 0 Å². The van der Waals surface area contributed by atoms with Crippen LogP contribution in [0.1, 0.15) is 37.8 Å². The van der Waals surface area contributed by atoms with Gasteiger partial charge in [-0.15, -0.1) is 0 Å². The van der Waals surface area contributed by atoms with Crippen molar-refractivity contribution < 1.29 is 0 Å². The van der Waals surface area contributed by atoms with Gasteiger partial charge in [-0.2, -0.15) is 0 Å². The highest BCUT2D eigenvalue weighted by atomic mass is 14.9. The monoisotopic (exact) mass is 176 g/mol. The summed E-state index contributed by atoms with van der Waals surface area (Å²) in [6.45, 7) is 5.48. The molecule has 0 bridgehead atoms. The number of nitrogens with zero attached hydrogens (tertiary/aromatic N) is 1. The van der Waals surface area contributed by atoms with E-state index >= 15 is 0 Å². The molecule has 0 fully saturated rings. The molecule has 1 aliphatic carbocycles. The highest BCUT2D eigenvalue weighted by molar-refractivity contribution is 5.27. The summed E-state index contributed by atoms with van der Waals surface area (Å²) in [7, 11) is 0. The summed E-state index contributed by atoms with van der Waals surface area (Å²) in [4.78, 5) is 0. The first-order valence-electron chi connectivity index (χ1n) is 5.22. The van der Waals surface area contributed by atoms with Gasteiger partial charge < -0.3 is 4.57 Å². The summed E-state index contributed by atoms with van der Waals surface area (Å²) < 4.78 is 2.34. The van der Waals surface area contributed by atoms with E-state index < -0.39 is 0 Å². The third kappa shape index (κ3) is 1.96. The van der Waals surface area contributed by atoms with E-state index in [1.54, 1.807) is 11.1 Å². The van der Waals surface area contributed by atoms with Crippen LogP contribution in [0.4, 0.5) is 0 Å².